The SMILES string of the molecule is O=S(=O)(Nc1ncns1)c1ccc2c(c1)OCC[C@@H]2N1CC[C@H](C(F)(F)F)C[C@@H]1C1C=CC=CC1. The van der Waals surface area contributed by atoms with Gasteiger partial charge in [-0.3, -0.25) is 9.62 Å². The maximum absolute atomic E-state index is 13.6. The summed E-state index contributed by atoms with van der Waals surface area (Å²) in [6, 6.07) is 4.29. The molecule has 0 radical (unpaired) electrons. The molecule has 7 nitrogen and oxygen atoms in total. The Balaban J connectivity index is 1.43. The van der Waals surface area contributed by atoms with Gasteiger partial charge < -0.3 is 4.74 Å². The molecule has 3 heterocycles. The average molecular weight is 527 g/mol. The molecule has 1 fully saturated rings. The number of nitrogens with zero attached hydrogens (tertiary/aromatic N) is 3. The van der Waals surface area contributed by atoms with Crippen molar-refractivity contribution in [2.24, 2.45) is 11.8 Å². The van der Waals surface area contributed by atoms with Gasteiger partial charge in [-0.05, 0) is 37.8 Å². The van der Waals surface area contributed by atoms with Crippen LogP contribution in [0.1, 0.15) is 37.3 Å². The van der Waals surface area contributed by atoms with Crippen LogP contribution in [0.15, 0.2) is 53.7 Å². The van der Waals surface area contributed by atoms with Crippen molar-refractivity contribution < 1.29 is 26.3 Å². The van der Waals surface area contributed by atoms with E-state index in [1.165, 1.54) is 18.5 Å². The number of sulfonamides is 1. The Morgan fingerprint density at radius 2 is 2.06 bits per heavy atom. The van der Waals surface area contributed by atoms with Crippen molar-refractivity contribution in [1.82, 2.24) is 14.3 Å². The second-order valence-corrected chi connectivity index (χ2v) is 11.4. The molecule has 1 saturated heterocycles. The van der Waals surface area contributed by atoms with Crippen LogP contribution in [0.5, 0.6) is 5.75 Å². The summed E-state index contributed by atoms with van der Waals surface area (Å²) in [5.74, 6) is -0.884. The van der Waals surface area contributed by atoms with E-state index in [1.807, 2.05) is 24.3 Å². The number of nitrogens with one attached hydrogen (secondary N) is 1. The molecule has 1 aromatic heterocycles. The number of hydrogen-bond donors (Lipinski definition) is 1. The van der Waals surface area contributed by atoms with Gasteiger partial charge in [0.05, 0.1) is 17.4 Å². The Hall–Kier alpha value is -2.44. The Labute approximate surface area is 205 Å². The highest BCUT2D eigenvalue weighted by Gasteiger charge is 2.47. The minimum Gasteiger partial charge on any atom is -0.493 e. The van der Waals surface area contributed by atoms with Gasteiger partial charge >= 0.3 is 6.18 Å². The Bertz CT molecular complexity index is 1220. The number of likely N-dealkylation sites (tertiary alicyclic amines) is 1. The number of ether oxygens (including phenoxy) is 1. The highest BCUT2D eigenvalue weighted by atomic mass is 32.2. The molecule has 5 rings (SSSR count). The largest absolute Gasteiger partial charge is 0.493 e. The Kier molecular flexibility index (Phi) is 6.62. The molecule has 188 valence electrons. The normalized spacial score (nSPS) is 27.3. The second-order valence-electron chi connectivity index (χ2n) is 8.99. The zero-order valence-corrected chi connectivity index (χ0v) is 20.3. The van der Waals surface area contributed by atoms with Gasteiger partial charge in [0.25, 0.3) is 10.0 Å². The molecule has 2 aliphatic heterocycles. The highest BCUT2D eigenvalue weighted by molar-refractivity contribution is 7.93. The highest BCUT2D eigenvalue weighted by Crippen LogP contribution is 2.46. The molecule has 0 bridgehead atoms. The van der Waals surface area contributed by atoms with Crippen molar-refractivity contribution >= 4 is 26.7 Å². The van der Waals surface area contributed by atoms with Crippen LogP contribution in [0.25, 0.3) is 0 Å². The Morgan fingerprint density at radius 1 is 1.20 bits per heavy atom. The van der Waals surface area contributed by atoms with E-state index >= 15 is 0 Å². The first-order chi connectivity index (χ1) is 16.7. The summed E-state index contributed by atoms with van der Waals surface area (Å²) in [6.07, 6.45) is 6.32. The van der Waals surface area contributed by atoms with Crippen molar-refractivity contribution in [1.29, 1.82) is 0 Å². The molecular weight excluding hydrogens is 501 g/mol. The van der Waals surface area contributed by atoms with Crippen LogP contribution >= 0.6 is 11.5 Å². The monoisotopic (exact) mass is 526 g/mol. The molecule has 1 N–H and O–H groups in total. The van der Waals surface area contributed by atoms with Gasteiger partial charge in [0.15, 0.2) is 0 Å². The maximum Gasteiger partial charge on any atom is 0.391 e. The van der Waals surface area contributed by atoms with Crippen LogP contribution in [0.3, 0.4) is 0 Å². The predicted molar refractivity (Wildman–Crippen MR) is 126 cm³/mol. The molecule has 3 aliphatic rings. The van der Waals surface area contributed by atoms with E-state index in [-0.39, 0.29) is 40.9 Å². The number of anilines is 1. The van der Waals surface area contributed by atoms with Crippen molar-refractivity contribution in [2.75, 3.05) is 17.9 Å². The maximum atomic E-state index is 13.6. The molecule has 1 unspecified atom stereocenters. The van der Waals surface area contributed by atoms with Crippen LogP contribution in [-0.4, -0.2) is 48.0 Å². The first-order valence-corrected chi connectivity index (χ1v) is 13.7. The predicted octanol–water partition coefficient (Wildman–Crippen LogP) is 4.94. The van der Waals surface area contributed by atoms with Gasteiger partial charge in [0.2, 0.25) is 5.13 Å². The van der Waals surface area contributed by atoms with Crippen LogP contribution in [-0.2, 0) is 10.0 Å². The molecule has 2 aromatic rings. The first-order valence-electron chi connectivity index (χ1n) is 11.4. The lowest BCUT2D eigenvalue weighted by atomic mass is 9.79. The number of rotatable bonds is 5. The third kappa shape index (κ3) is 5.10. The van der Waals surface area contributed by atoms with E-state index in [0.29, 0.717) is 31.7 Å². The van der Waals surface area contributed by atoms with E-state index in [1.54, 1.807) is 6.07 Å². The van der Waals surface area contributed by atoms with Crippen molar-refractivity contribution in [3.63, 3.8) is 0 Å². The van der Waals surface area contributed by atoms with E-state index in [2.05, 4.69) is 19.0 Å². The van der Waals surface area contributed by atoms with Gasteiger partial charge in [-0.1, -0.05) is 30.4 Å². The van der Waals surface area contributed by atoms with Gasteiger partial charge in [0, 0.05) is 41.7 Å². The van der Waals surface area contributed by atoms with E-state index in [9.17, 15) is 21.6 Å². The van der Waals surface area contributed by atoms with Gasteiger partial charge in [0.1, 0.15) is 12.1 Å². The number of fused-ring (bicyclic) bond motifs is 1. The number of hydrogen-bond acceptors (Lipinski definition) is 7. The Morgan fingerprint density at radius 3 is 2.77 bits per heavy atom. The number of benzene rings is 1. The van der Waals surface area contributed by atoms with Crippen LogP contribution in [0.2, 0.25) is 0 Å². The van der Waals surface area contributed by atoms with Crippen molar-refractivity contribution in [2.45, 2.75) is 48.8 Å². The molecule has 4 atom stereocenters. The van der Waals surface area contributed by atoms with Crippen LogP contribution < -0.4 is 9.46 Å². The molecule has 1 aliphatic carbocycles. The smallest absolute Gasteiger partial charge is 0.391 e. The molecule has 0 amide bonds. The lowest BCUT2D eigenvalue weighted by Crippen LogP contribution is -2.51. The fraction of sp³-hybridized carbons (Fsp3) is 0.478. The summed E-state index contributed by atoms with van der Waals surface area (Å²) in [6.45, 7) is 0.684. The number of piperidine rings is 1. The van der Waals surface area contributed by atoms with Gasteiger partial charge in [-0.25, -0.2) is 13.4 Å². The summed E-state index contributed by atoms with van der Waals surface area (Å²) < 4.78 is 78.5. The van der Waals surface area contributed by atoms with Crippen molar-refractivity contribution in [3.05, 3.63) is 54.4 Å². The lowest BCUT2D eigenvalue weighted by molar-refractivity contribution is -0.193. The minimum atomic E-state index is -4.21. The zero-order valence-electron chi connectivity index (χ0n) is 18.7. The third-order valence-corrected chi connectivity index (χ3v) is 8.99. The molecule has 35 heavy (non-hydrogen) atoms. The summed E-state index contributed by atoms with van der Waals surface area (Å²) in [7, 11) is -3.89. The van der Waals surface area contributed by atoms with Crippen LogP contribution in [0, 0.1) is 11.8 Å². The fourth-order valence-electron chi connectivity index (χ4n) is 5.26. The minimum absolute atomic E-state index is 0.00722. The average Bonchev–Trinajstić information content (AvgIpc) is 3.35. The lowest BCUT2D eigenvalue weighted by Gasteiger charge is -2.48. The molecule has 12 heteroatoms. The third-order valence-electron chi connectivity index (χ3n) is 6.95. The molecule has 0 spiro atoms. The van der Waals surface area contributed by atoms with E-state index in [4.69, 9.17) is 4.74 Å². The fourth-order valence-corrected chi connectivity index (χ4v) is 6.94. The quantitative estimate of drug-likeness (QED) is 0.594. The summed E-state index contributed by atoms with van der Waals surface area (Å²) in [5.41, 5.74) is 0.803. The first kappa shape index (κ1) is 24.3. The molecular formula is C23H25F3N4O3S2. The van der Waals surface area contributed by atoms with Crippen LogP contribution in [0.4, 0.5) is 18.3 Å². The number of halogens is 3. The topological polar surface area (TPSA) is 84.4 Å². The van der Waals surface area contributed by atoms with Gasteiger partial charge in [-0.15, -0.1) is 0 Å². The number of allylic oxidation sites excluding steroid dienone is 3. The van der Waals surface area contributed by atoms with E-state index < -0.39 is 22.1 Å². The van der Waals surface area contributed by atoms with Crippen molar-refractivity contribution in [3.8, 4) is 5.75 Å². The summed E-state index contributed by atoms with van der Waals surface area (Å²) in [5, 5.41) is 0.159. The second kappa shape index (κ2) is 9.55. The zero-order chi connectivity index (χ0) is 24.6. The number of aromatic nitrogens is 2. The van der Waals surface area contributed by atoms with E-state index in [0.717, 1.165) is 17.1 Å². The van der Waals surface area contributed by atoms with Gasteiger partial charge in [-0.2, -0.15) is 17.5 Å². The summed E-state index contributed by atoms with van der Waals surface area (Å²) >= 11 is 0.928. The summed E-state index contributed by atoms with van der Waals surface area (Å²) in [4.78, 5) is 6.07. The standard InChI is InChI=1S/C23H25F3N4O3S2/c24-23(25,26)16-8-10-30(20(12-16)15-4-2-1-3-5-15)19-9-11-33-21-13-17(6-7-18(19)21)35(31,32)29-22-27-14-28-34-22/h1-4,6-7,13-16,19-20H,5,8-12H2,(H,27,28,29)/t15?,16-,19-,20+/m0/s1. The molecule has 0 saturated carbocycles. The molecule has 1 aromatic carbocycles. The number of alkyl halides is 3.